The normalized spacial score (nSPS) is 24.1. The quantitative estimate of drug-likeness (QED) is 0.599. The maximum Gasteiger partial charge on any atom is 0.308 e. The minimum absolute atomic E-state index is 0.0632. The van der Waals surface area contributed by atoms with E-state index in [1.165, 1.54) is 26.4 Å². The molecule has 172 valence electrons. The molecule has 0 aliphatic carbocycles. The Labute approximate surface area is 186 Å². The van der Waals surface area contributed by atoms with Gasteiger partial charge in [0.05, 0.1) is 38.2 Å². The van der Waals surface area contributed by atoms with Crippen LogP contribution < -0.4 is 14.2 Å². The Morgan fingerprint density at radius 3 is 2.75 bits per heavy atom. The molecule has 0 amide bonds. The lowest BCUT2D eigenvalue weighted by Crippen LogP contribution is -2.46. The molecule has 0 saturated carbocycles. The molecule has 9 nitrogen and oxygen atoms in total. The average Bonchev–Trinajstić information content (AvgIpc) is 3.16. The fourth-order valence-corrected chi connectivity index (χ4v) is 5.29. The van der Waals surface area contributed by atoms with Crippen molar-refractivity contribution in [3.63, 3.8) is 0 Å². The first-order chi connectivity index (χ1) is 15.3. The molecule has 2 aromatic rings. The molecule has 1 fully saturated rings. The number of aliphatic hydroxyl groups is 1. The van der Waals surface area contributed by atoms with Gasteiger partial charge in [-0.1, -0.05) is 6.07 Å². The lowest BCUT2D eigenvalue weighted by molar-refractivity contribution is -0.156. The molecule has 2 aliphatic rings. The molecule has 0 aromatic heterocycles. The third kappa shape index (κ3) is 4.38. The van der Waals surface area contributed by atoms with Gasteiger partial charge in [-0.15, -0.1) is 0 Å². The van der Waals surface area contributed by atoms with Crippen LogP contribution in [0.15, 0.2) is 47.4 Å². The number of hydrogen-bond acceptors (Lipinski definition) is 8. The summed E-state index contributed by atoms with van der Waals surface area (Å²) in [7, 11) is -1.05. The molecule has 32 heavy (non-hydrogen) atoms. The number of ether oxygens (including phenoxy) is 4. The van der Waals surface area contributed by atoms with Gasteiger partial charge in [0.15, 0.2) is 0 Å². The van der Waals surface area contributed by atoms with Crippen LogP contribution >= 0.6 is 0 Å². The zero-order valence-electron chi connectivity index (χ0n) is 17.7. The summed E-state index contributed by atoms with van der Waals surface area (Å²) < 4.78 is 50.0. The molecule has 2 aliphatic heterocycles. The van der Waals surface area contributed by atoms with Crippen molar-refractivity contribution in [3.8, 4) is 11.5 Å². The Bertz CT molecular complexity index is 1100. The van der Waals surface area contributed by atoms with Gasteiger partial charge in [-0.2, -0.15) is 0 Å². The smallest absolute Gasteiger partial charge is 0.308 e. The van der Waals surface area contributed by atoms with Crippen LogP contribution in [0.5, 0.6) is 11.5 Å². The highest BCUT2D eigenvalue weighted by Crippen LogP contribution is 2.47. The molecule has 4 atom stereocenters. The number of benzene rings is 2. The van der Waals surface area contributed by atoms with Crippen molar-refractivity contribution in [1.82, 2.24) is 0 Å². The van der Waals surface area contributed by atoms with Gasteiger partial charge < -0.3 is 24.1 Å². The zero-order chi connectivity index (χ0) is 22.9. The molecule has 10 heteroatoms. The molecular weight excluding hydrogens is 438 g/mol. The topological polar surface area (TPSA) is 120 Å². The van der Waals surface area contributed by atoms with Gasteiger partial charge in [-0.25, -0.2) is 8.42 Å². The van der Waals surface area contributed by atoms with Gasteiger partial charge in [0.25, 0.3) is 10.0 Å². The van der Waals surface area contributed by atoms with E-state index in [1.54, 1.807) is 30.3 Å². The van der Waals surface area contributed by atoms with Gasteiger partial charge in [-0.05, 0) is 36.8 Å². The number of esters is 1. The lowest BCUT2D eigenvalue weighted by Gasteiger charge is -2.36. The Hall–Kier alpha value is -2.82. The van der Waals surface area contributed by atoms with Crippen molar-refractivity contribution in [1.29, 1.82) is 0 Å². The molecule has 4 rings (SSSR count). The second-order valence-electron chi connectivity index (χ2n) is 7.72. The Morgan fingerprint density at radius 2 is 2.03 bits per heavy atom. The summed E-state index contributed by atoms with van der Waals surface area (Å²) in [4.78, 5) is 11.8. The number of sulfonamides is 1. The van der Waals surface area contributed by atoms with Crippen molar-refractivity contribution in [2.45, 2.75) is 42.0 Å². The fraction of sp³-hybridized carbons (Fsp3) is 0.409. The zero-order valence-corrected chi connectivity index (χ0v) is 18.5. The number of anilines is 1. The van der Waals surface area contributed by atoms with Crippen LogP contribution in [-0.4, -0.2) is 58.6 Å². The van der Waals surface area contributed by atoms with Crippen molar-refractivity contribution < 1.29 is 37.3 Å². The van der Waals surface area contributed by atoms with E-state index in [9.17, 15) is 18.3 Å². The van der Waals surface area contributed by atoms with E-state index in [0.29, 0.717) is 23.6 Å². The van der Waals surface area contributed by atoms with E-state index in [-0.39, 0.29) is 23.8 Å². The summed E-state index contributed by atoms with van der Waals surface area (Å²) in [6, 6.07) is 11.2. The van der Waals surface area contributed by atoms with Crippen LogP contribution in [-0.2, 0) is 24.3 Å². The van der Waals surface area contributed by atoms with Crippen molar-refractivity contribution in [2.75, 3.05) is 25.5 Å². The van der Waals surface area contributed by atoms with Gasteiger partial charge in [0.1, 0.15) is 23.7 Å². The second kappa shape index (κ2) is 8.97. The van der Waals surface area contributed by atoms with E-state index in [0.717, 1.165) is 5.56 Å². The van der Waals surface area contributed by atoms with E-state index in [4.69, 9.17) is 18.9 Å². The molecule has 0 radical (unpaired) electrons. The maximum absolute atomic E-state index is 12.9. The standard InChI is InChI=1S/C22H25NO8S/c1-28-14-4-3-5-16(9-14)32(26,27)23-13-6-7-19-17(8-13)18-10-15(11-21(25)29-2)30-20(12-24)22(18)31-19/h3-9,15,18,20,22-24H,10-12H2,1-2H3/t15-,18-,20-,22+/m0/s1. The Balaban J connectivity index is 1.58. The summed E-state index contributed by atoms with van der Waals surface area (Å²) in [5.41, 5.74) is 1.19. The molecule has 2 N–H and O–H groups in total. The van der Waals surface area contributed by atoms with Crippen LogP contribution in [0.4, 0.5) is 5.69 Å². The third-order valence-electron chi connectivity index (χ3n) is 5.73. The minimum Gasteiger partial charge on any atom is -0.497 e. The van der Waals surface area contributed by atoms with Crippen LogP contribution in [0.2, 0.25) is 0 Å². The lowest BCUT2D eigenvalue weighted by atomic mass is 9.84. The van der Waals surface area contributed by atoms with E-state index in [2.05, 4.69) is 4.72 Å². The predicted octanol–water partition coefficient (Wildman–Crippen LogP) is 2.05. The summed E-state index contributed by atoms with van der Waals surface area (Å²) in [5, 5.41) is 9.78. The molecule has 0 bridgehead atoms. The number of methoxy groups -OCH3 is 2. The highest BCUT2D eigenvalue weighted by atomic mass is 32.2. The highest BCUT2D eigenvalue weighted by molar-refractivity contribution is 7.92. The summed E-state index contributed by atoms with van der Waals surface area (Å²) in [6.07, 6.45) is -0.919. The number of nitrogens with one attached hydrogen (secondary N) is 1. The molecule has 2 heterocycles. The summed E-state index contributed by atoms with van der Waals surface area (Å²) in [5.74, 6) is 0.480. The van der Waals surface area contributed by atoms with E-state index >= 15 is 0 Å². The third-order valence-corrected chi connectivity index (χ3v) is 7.10. The predicted molar refractivity (Wildman–Crippen MR) is 114 cm³/mol. The molecule has 0 unspecified atom stereocenters. The maximum atomic E-state index is 12.9. The van der Waals surface area contributed by atoms with Gasteiger partial charge >= 0.3 is 5.97 Å². The first-order valence-electron chi connectivity index (χ1n) is 10.1. The number of carbonyl (C=O) groups is 1. The highest BCUT2D eigenvalue weighted by Gasteiger charge is 2.46. The number of hydrogen-bond donors (Lipinski definition) is 2. The Kier molecular flexibility index (Phi) is 6.27. The van der Waals surface area contributed by atoms with Gasteiger partial charge in [-0.3, -0.25) is 9.52 Å². The fourth-order valence-electron chi connectivity index (χ4n) is 4.20. The van der Waals surface area contributed by atoms with Crippen molar-refractivity contribution in [2.24, 2.45) is 0 Å². The first kappa shape index (κ1) is 22.4. The van der Waals surface area contributed by atoms with E-state index < -0.39 is 34.3 Å². The summed E-state index contributed by atoms with van der Waals surface area (Å²) >= 11 is 0. The minimum atomic E-state index is -3.83. The Morgan fingerprint density at radius 1 is 1.22 bits per heavy atom. The molecule has 1 saturated heterocycles. The van der Waals surface area contributed by atoms with E-state index in [1.807, 2.05) is 0 Å². The van der Waals surface area contributed by atoms with Gasteiger partial charge in [0, 0.05) is 23.2 Å². The second-order valence-corrected chi connectivity index (χ2v) is 9.40. The number of rotatable bonds is 7. The van der Waals surface area contributed by atoms with Crippen molar-refractivity contribution >= 4 is 21.7 Å². The molecule has 0 spiro atoms. The van der Waals surface area contributed by atoms with Crippen LogP contribution in [0, 0.1) is 0 Å². The molecule has 2 aromatic carbocycles. The molecular formula is C22H25NO8S. The number of aliphatic hydroxyl groups excluding tert-OH is 1. The largest absolute Gasteiger partial charge is 0.497 e. The number of fused-ring (bicyclic) bond motifs is 3. The van der Waals surface area contributed by atoms with Crippen LogP contribution in [0.25, 0.3) is 0 Å². The average molecular weight is 464 g/mol. The monoisotopic (exact) mass is 463 g/mol. The van der Waals surface area contributed by atoms with Crippen molar-refractivity contribution in [3.05, 3.63) is 48.0 Å². The van der Waals surface area contributed by atoms with Crippen LogP contribution in [0.1, 0.15) is 24.3 Å². The number of carbonyl (C=O) groups excluding carboxylic acids is 1. The first-order valence-corrected chi connectivity index (χ1v) is 11.6. The summed E-state index contributed by atoms with van der Waals surface area (Å²) in [6.45, 7) is -0.262. The van der Waals surface area contributed by atoms with Gasteiger partial charge in [0.2, 0.25) is 0 Å². The van der Waals surface area contributed by atoms with Crippen LogP contribution in [0.3, 0.4) is 0 Å². The SMILES string of the molecule is COC(=O)C[C@@H]1C[C@H]2c3cc(NS(=O)(=O)c4cccc(OC)c4)ccc3O[C@H]2[C@H](CO)O1.